The Bertz CT molecular complexity index is 609. The van der Waals surface area contributed by atoms with E-state index >= 15 is 0 Å². The van der Waals surface area contributed by atoms with Gasteiger partial charge in [-0.25, -0.2) is 4.79 Å². The zero-order valence-electron chi connectivity index (χ0n) is 14.8. The monoisotopic (exact) mass is 346 g/mol. The first-order valence-electron chi connectivity index (χ1n) is 8.81. The van der Waals surface area contributed by atoms with Crippen molar-refractivity contribution in [1.82, 2.24) is 10.2 Å². The number of carboxylic acids is 1. The smallest absolute Gasteiger partial charge is 0.326 e. The lowest BCUT2D eigenvalue weighted by Gasteiger charge is -2.32. The van der Waals surface area contributed by atoms with Gasteiger partial charge in [0.2, 0.25) is 5.91 Å². The first-order chi connectivity index (χ1) is 11.9. The van der Waals surface area contributed by atoms with Crippen LogP contribution in [0.3, 0.4) is 0 Å². The lowest BCUT2D eigenvalue weighted by atomic mass is 9.93. The van der Waals surface area contributed by atoms with Crippen molar-refractivity contribution in [3.8, 4) is 0 Å². The first-order valence-corrected chi connectivity index (χ1v) is 8.81. The fourth-order valence-corrected chi connectivity index (χ4v) is 3.06. The number of nitrogens with zero attached hydrogens (tertiary/aromatic N) is 1. The second kappa shape index (κ2) is 8.65. The van der Waals surface area contributed by atoms with Crippen molar-refractivity contribution in [2.45, 2.75) is 39.2 Å². The van der Waals surface area contributed by atoms with Crippen molar-refractivity contribution >= 4 is 17.8 Å². The lowest BCUT2D eigenvalue weighted by Crippen LogP contribution is -2.49. The summed E-state index contributed by atoms with van der Waals surface area (Å²) >= 11 is 0. The fourth-order valence-electron chi connectivity index (χ4n) is 3.06. The number of likely N-dealkylation sites (tertiary alicyclic amines) is 1. The minimum atomic E-state index is -1.00. The summed E-state index contributed by atoms with van der Waals surface area (Å²) in [6.07, 6.45) is 1.79. The van der Waals surface area contributed by atoms with Gasteiger partial charge in [-0.15, -0.1) is 0 Å². The summed E-state index contributed by atoms with van der Waals surface area (Å²) < 4.78 is 0. The molecule has 0 radical (unpaired) electrons. The van der Waals surface area contributed by atoms with Crippen LogP contribution in [0.5, 0.6) is 0 Å². The molecule has 0 saturated carbocycles. The first kappa shape index (κ1) is 19.0. The molecule has 2 amide bonds. The van der Waals surface area contributed by atoms with Crippen molar-refractivity contribution in [2.24, 2.45) is 11.8 Å². The van der Waals surface area contributed by atoms with Gasteiger partial charge < -0.3 is 15.3 Å². The summed E-state index contributed by atoms with van der Waals surface area (Å²) in [7, 11) is 0. The van der Waals surface area contributed by atoms with Crippen LogP contribution in [0.2, 0.25) is 0 Å². The summed E-state index contributed by atoms with van der Waals surface area (Å²) in [6, 6.07) is 8.23. The quantitative estimate of drug-likeness (QED) is 0.826. The average molecular weight is 346 g/mol. The Balaban J connectivity index is 1.90. The predicted octanol–water partition coefficient (Wildman–Crippen LogP) is 2.15. The molecule has 1 fully saturated rings. The van der Waals surface area contributed by atoms with E-state index in [1.807, 2.05) is 32.0 Å². The molecule has 2 atom stereocenters. The Morgan fingerprint density at radius 1 is 1.20 bits per heavy atom. The molecule has 0 spiro atoms. The van der Waals surface area contributed by atoms with Crippen LogP contribution in [0.25, 0.3) is 0 Å². The van der Waals surface area contributed by atoms with Gasteiger partial charge in [0.25, 0.3) is 5.91 Å². The Morgan fingerprint density at radius 2 is 1.80 bits per heavy atom. The van der Waals surface area contributed by atoms with Gasteiger partial charge >= 0.3 is 5.97 Å². The molecule has 0 aromatic heterocycles. The molecule has 2 rings (SSSR count). The molecule has 0 aliphatic carbocycles. The van der Waals surface area contributed by atoms with Crippen molar-refractivity contribution in [2.75, 3.05) is 13.1 Å². The van der Waals surface area contributed by atoms with Gasteiger partial charge in [-0.1, -0.05) is 38.5 Å². The Labute approximate surface area is 148 Å². The van der Waals surface area contributed by atoms with E-state index in [2.05, 4.69) is 5.32 Å². The van der Waals surface area contributed by atoms with E-state index in [1.54, 1.807) is 17.0 Å². The number of aliphatic carboxylic acids is 1. The van der Waals surface area contributed by atoms with Gasteiger partial charge in [0.05, 0.1) is 0 Å². The van der Waals surface area contributed by atoms with Gasteiger partial charge in [-0.3, -0.25) is 9.59 Å². The van der Waals surface area contributed by atoms with E-state index in [-0.39, 0.29) is 23.7 Å². The molecule has 6 heteroatoms. The number of benzene rings is 1. The Morgan fingerprint density at radius 3 is 2.32 bits per heavy atom. The van der Waals surface area contributed by atoms with E-state index < -0.39 is 12.0 Å². The van der Waals surface area contributed by atoms with Crippen LogP contribution in [0, 0.1) is 11.8 Å². The average Bonchev–Trinajstić information content (AvgIpc) is 2.65. The minimum Gasteiger partial charge on any atom is -0.480 e. The van der Waals surface area contributed by atoms with Gasteiger partial charge in [0.15, 0.2) is 0 Å². The second-order valence-electron chi connectivity index (χ2n) is 6.64. The fraction of sp³-hybridized carbons (Fsp3) is 0.526. The molecular weight excluding hydrogens is 320 g/mol. The molecule has 25 heavy (non-hydrogen) atoms. The molecule has 6 nitrogen and oxygen atoms in total. The summed E-state index contributed by atoms with van der Waals surface area (Å²) in [6.45, 7) is 4.74. The van der Waals surface area contributed by atoms with Crippen LogP contribution in [-0.2, 0) is 9.59 Å². The van der Waals surface area contributed by atoms with Crippen molar-refractivity contribution in [1.29, 1.82) is 0 Å². The number of carboxylic acid groups (broad SMARTS) is 1. The highest BCUT2D eigenvalue weighted by Gasteiger charge is 2.31. The lowest BCUT2D eigenvalue weighted by molar-refractivity contribution is -0.144. The molecule has 1 aliphatic heterocycles. The second-order valence-corrected chi connectivity index (χ2v) is 6.64. The zero-order chi connectivity index (χ0) is 18.4. The number of rotatable bonds is 6. The van der Waals surface area contributed by atoms with Gasteiger partial charge in [0.1, 0.15) is 6.04 Å². The molecule has 2 N–H and O–H groups in total. The Kier molecular flexibility index (Phi) is 6.56. The molecular formula is C19H26N2O4. The highest BCUT2D eigenvalue weighted by Crippen LogP contribution is 2.20. The molecule has 1 saturated heterocycles. The van der Waals surface area contributed by atoms with E-state index in [0.29, 0.717) is 37.9 Å². The number of amides is 2. The normalized spacial score (nSPS) is 17.6. The third kappa shape index (κ3) is 4.81. The van der Waals surface area contributed by atoms with Crippen LogP contribution in [0.1, 0.15) is 43.5 Å². The highest BCUT2D eigenvalue weighted by molar-refractivity contribution is 5.94. The molecule has 1 aliphatic rings. The number of carbonyl (C=O) groups excluding carboxylic acids is 2. The molecule has 1 aromatic carbocycles. The van der Waals surface area contributed by atoms with Crippen LogP contribution >= 0.6 is 0 Å². The third-order valence-corrected chi connectivity index (χ3v) is 4.95. The molecule has 1 aromatic rings. The number of carbonyl (C=O) groups is 3. The van der Waals surface area contributed by atoms with Crippen molar-refractivity contribution in [3.05, 3.63) is 35.9 Å². The van der Waals surface area contributed by atoms with E-state index in [1.165, 1.54) is 0 Å². The maximum absolute atomic E-state index is 12.4. The number of hydrogen-bond donors (Lipinski definition) is 2. The molecule has 0 unspecified atom stereocenters. The van der Waals surface area contributed by atoms with Crippen LogP contribution < -0.4 is 5.32 Å². The van der Waals surface area contributed by atoms with Gasteiger partial charge in [0, 0.05) is 24.6 Å². The van der Waals surface area contributed by atoms with Crippen molar-refractivity contribution < 1.29 is 19.5 Å². The van der Waals surface area contributed by atoms with Crippen molar-refractivity contribution in [3.63, 3.8) is 0 Å². The molecule has 0 bridgehead atoms. The summed E-state index contributed by atoms with van der Waals surface area (Å²) in [5.41, 5.74) is 0.646. The maximum Gasteiger partial charge on any atom is 0.326 e. The summed E-state index contributed by atoms with van der Waals surface area (Å²) in [5.74, 6) is -1.62. The standard InChI is InChI=1S/C19H26N2O4/c1-3-13(2)16(19(24)25)20-17(22)14-9-11-21(12-10-14)18(23)15-7-5-4-6-8-15/h4-8,13-14,16H,3,9-12H2,1-2H3,(H,20,22)(H,24,25)/t13-,16-/m0/s1. The van der Waals surface area contributed by atoms with Crippen LogP contribution in [0.15, 0.2) is 30.3 Å². The number of nitrogens with one attached hydrogen (secondary N) is 1. The summed E-state index contributed by atoms with van der Waals surface area (Å²) in [5, 5.41) is 12.0. The Hall–Kier alpha value is -2.37. The maximum atomic E-state index is 12.4. The number of piperidine rings is 1. The highest BCUT2D eigenvalue weighted by atomic mass is 16.4. The van der Waals surface area contributed by atoms with Gasteiger partial charge in [-0.2, -0.15) is 0 Å². The van der Waals surface area contributed by atoms with Crippen LogP contribution in [0.4, 0.5) is 0 Å². The molecule has 1 heterocycles. The van der Waals surface area contributed by atoms with E-state index in [9.17, 15) is 19.5 Å². The largest absolute Gasteiger partial charge is 0.480 e. The minimum absolute atomic E-state index is 0.0255. The van der Waals surface area contributed by atoms with E-state index in [4.69, 9.17) is 0 Å². The molecule has 136 valence electrons. The van der Waals surface area contributed by atoms with Crippen LogP contribution in [-0.4, -0.2) is 46.9 Å². The van der Waals surface area contributed by atoms with E-state index in [0.717, 1.165) is 0 Å². The third-order valence-electron chi connectivity index (χ3n) is 4.95. The summed E-state index contributed by atoms with van der Waals surface area (Å²) in [4.78, 5) is 37.9. The van der Waals surface area contributed by atoms with Gasteiger partial charge in [-0.05, 0) is 30.9 Å². The predicted molar refractivity (Wildman–Crippen MR) is 94.1 cm³/mol. The topological polar surface area (TPSA) is 86.7 Å². The SMILES string of the molecule is CC[C@H](C)[C@H](NC(=O)C1CCN(C(=O)c2ccccc2)CC1)C(=O)O. The number of hydrogen-bond acceptors (Lipinski definition) is 3. The zero-order valence-corrected chi connectivity index (χ0v) is 14.8.